The van der Waals surface area contributed by atoms with Crippen LogP contribution in [-0.2, 0) is 11.3 Å². The van der Waals surface area contributed by atoms with Gasteiger partial charge in [0.25, 0.3) is 0 Å². The summed E-state index contributed by atoms with van der Waals surface area (Å²) in [5.74, 6) is 1.59. The van der Waals surface area contributed by atoms with Crippen molar-refractivity contribution in [3.8, 4) is 11.5 Å². The lowest BCUT2D eigenvalue weighted by molar-refractivity contribution is -0.120. The van der Waals surface area contributed by atoms with E-state index in [1.54, 1.807) is 14.2 Å². The van der Waals surface area contributed by atoms with Crippen molar-refractivity contribution in [1.29, 1.82) is 0 Å². The molecule has 1 aliphatic rings. The molecule has 1 amide bonds. The van der Waals surface area contributed by atoms with E-state index in [-0.39, 0.29) is 24.5 Å². The highest BCUT2D eigenvalue weighted by atomic mass is 16.5. The third-order valence-electron chi connectivity index (χ3n) is 4.35. The summed E-state index contributed by atoms with van der Waals surface area (Å²) in [6.45, 7) is 3.84. The van der Waals surface area contributed by atoms with E-state index in [9.17, 15) is 9.90 Å². The molecule has 1 aliphatic heterocycles. The van der Waals surface area contributed by atoms with Crippen molar-refractivity contribution in [2.45, 2.75) is 25.9 Å². The van der Waals surface area contributed by atoms with Gasteiger partial charge in [-0.25, -0.2) is 0 Å². The number of likely N-dealkylation sites (tertiary alicyclic amines) is 1. The highest BCUT2D eigenvalue weighted by molar-refractivity contribution is 5.73. The quantitative estimate of drug-likeness (QED) is 0.818. The lowest BCUT2D eigenvalue weighted by Gasteiger charge is -2.38. The molecule has 6 nitrogen and oxygen atoms in total. The first-order valence-electron chi connectivity index (χ1n) is 7.89. The number of rotatable bonds is 6. The van der Waals surface area contributed by atoms with Crippen molar-refractivity contribution in [1.82, 2.24) is 10.2 Å². The van der Waals surface area contributed by atoms with Crippen molar-refractivity contribution >= 4 is 5.91 Å². The fourth-order valence-corrected chi connectivity index (χ4v) is 3.19. The van der Waals surface area contributed by atoms with Gasteiger partial charge in [0.05, 0.1) is 19.8 Å². The summed E-state index contributed by atoms with van der Waals surface area (Å²) in [7, 11) is 3.30. The minimum Gasteiger partial charge on any atom is -0.496 e. The molecule has 0 aliphatic carbocycles. The average molecular weight is 322 g/mol. The molecule has 1 saturated heterocycles. The number of carbonyl (C=O) groups is 1. The van der Waals surface area contributed by atoms with Crippen LogP contribution in [0.4, 0.5) is 0 Å². The number of methoxy groups -OCH3 is 2. The van der Waals surface area contributed by atoms with E-state index in [0.29, 0.717) is 6.54 Å². The van der Waals surface area contributed by atoms with Crippen LogP contribution in [0.5, 0.6) is 11.5 Å². The zero-order chi connectivity index (χ0) is 16.8. The van der Waals surface area contributed by atoms with E-state index in [0.717, 1.165) is 36.6 Å². The standard InChI is InChI=1S/C17H26N2O4/c1-12(21)18-15-7-8-19(9-13(15)11-20)10-14-16(22-2)5-4-6-17(14)23-3/h4-6,13,15,20H,7-11H2,1-3H3,(H,18,21). The summed E-state index contributed by atoms with van der Waals surface area (Å²) < 4.78 is 10.9. The molecule has 0 spiro atoms. The van der Waals surface area contributed by atoms with Crippen molar-refractivity contribution in [3.63, 3.8) is 0 Å². The molecule has 2 atom stereocenters. The van der Waals surface area contributed by atoms with E-state index < -0.39 is 0 Å². The first-order chi connectivity index (χ1) is 11.1. The van der Waals surface area contributed by atoms with Gasteiger partial charge in [-0.1, -0.05) is 6.07 Å². The molecule has 1 aromatic rings. The zero-order valence-electron chi connectivity index (χ0n) is 14.0. The van der Waals surface area contributed by atoms with Gasteiger partial charge in [-0.15, -0.1) is 0 Å². The summed E-state index contributed by atoms with van der Waals surface area (Å²) >= 11 is 0. The van der Waals surface area contributed by atoms with E-state index >= 15 is 0 Å². The first kappa shape index (κ1) is 17.6. The van der Waals surface area contributed by atoms with Crippen LogP contribution in [-0.4, -0.2) is 55.9 Å². The van der Waals surface area contributed by atoms with Crippen molar-refractivity contribution in [3.05, 3.63) is 23.8 Å². The first-order valence-corrected chi connectivity index (χ1v) is 7.89. The van der Waals surface area contributed by atoms with Gasteiger partial charge in [0.15, 0.2) is 0 Å². The lowest BCUT2D eigenvalue weighted by Crippen LogP contribution is -2.51. The van der Waals surface area contributed by atoms with Crippen LogP contribution in [0.3, 0.4) is 0 Å². The van der Waals surface area contributed by atoms with E-state index in [2.05, 4.69) is 10.2 Å². The molecule has 1 heterocycles. The third kappa shape index (κ3) is 4.36. The number of amides is 1. The van der Waals surface area contributed by atoms with Gasteiger partial charge >= 0.3 is 0 Å². The molecule has 0 bridgehead atoms. The van der Waals surface area contributed by atoms with Crippen LogP contribution in [0.25, 0.3) is 0 Å². The summed E-state index contributed by atoms with van der Waals surface area (Å²) in [4.78, 5) is 13.5. The van der Waals surface area contributed by atoms with Gasteiger partial charge in [0.1, 0.15) is 11.5 Å². The number of piperidine rings is 1. The second kappa shape index (κ2) is 8.17. The minimum absolute atomic E-state index is 0.0355. The van der Waals surface area contributed by atoms with Crippen molar-refractivity contribution < 1.29 is 19.4 Å². The molecular formula is C17H26N2O4. The number of nitrogens with one attached hydrogen (secondary N) is 1. The Morgan fingerprint density at radius 3 is 2.52 bits per heavy atom. The predicted octanol–water partition coefficient (Wildman–Crippen LogP) is 1.02. The maximum absolute atomic E-state index is 11.3. The summed E-state index contributed by atoms with van der Waals surface area (Å²) in [6.07, 6.45) is 0.822. The van der Waals surface area contributed by atoms with E-state index in [1.165, 1.54) is 6.92 Å². The average Bonchev–Trinajstić information content (AvgIpc) is 2.55. The van der Waals surface area contributed by atoms with Crippen LogP contribution in [0.2, 0.25) is 0 Å². The number of benzene rings is 1. The molecule has 1 aromatic carbocycles. The van der Waals surface area contributed by atoms with Gasteiger partial charge in [0.2, 0.25) is 5.91 Å². The number of hydrogen-bond donors (Lipinski definition) is 2. The number of aliphatic hydroxyl groups excluding tert-OH is 1. The zero-order valence-corrected chi connectivity index (χ0v) is 14.0. The molecule has 6 heteroatoms. The third-order valence-corrected chi connectivity index (χ3v) is 4.35. The molecule has 2 rings (SSSR count). The highest BCUT2D eigenvalue weighted by Gasteiger charge is 2.30. The lowest BCUT2D eigenvalue weighted by atomic mass is 9.92. The Morgan fingerprint density at radius 1 is 1.35 bits per heavy atom. The van der Waals surface area contributed by atoms with Gasteiger partial charge in [0, 0.05) is 45.1 Å². The van der Waals surface area contributed by atoms with Gasteiger partial charge < -0.3 is 19.9 Å². The molecule has 23 heavy (non-hydrogen) atoms. The second-order valence-corrected chi connectivity index (χ2v) is 5.91. The Bertz CT molecular complexity index is 513. The Kier molecular flexibility index (Phi) is 6.24. The summed E-state index contributed by atoms with van der Waals surface area (Å²) in [5.41, 5.74) is 1.01. The van der Waals surface area contributed by atoms with Crippen LogP contribution < -0.4 is 14.8 Å². The molecule has 0 aromatic heterocycles. The van der Waals surface area contributed by atoms with Crippen LogP contribution >= 0.6 is 0 Å². The topological polar surface area (TPSA) is 71.0 Å². The Balaban J connectivity index is 2.09. The summed E-state index contributed by atoms with van der Waals surface area (Å²) in [6, 6.07) is 5.78. The molecule has 128 valence electrons. The largest absolute Gasteiger partial charge is 0.496 e. The van der Waals surface area contributed by atoms with Crippen molar-refractivity contribution in [2.24, 2.45) is 5.92 Å². The number of hydrogen-bond acceptors (Lipinski definition) is 5. The molecule has 2 unspecified atom stereocenters. The Labute approximate surface area is 137 Å². The maximum Gasteiger partial charge on any atom is 0.217 e. The van der Waals surface area contributed by atoms with E-state index in [4.69, 9.17) is 9.47 Å². The van der Waals surface area contributed by atoms with Crippen LogP contribution in [0, 0.1) is 5.92 Å². The second-order valence-electron chi connectivity index (χ2n) is 5.91. The molecule has 2 N–H and O–H groups in total. The van der Waals surface area contributed by atoms with Crippen LogP contribution in [0.1, 0.15) is 18.9 Å². The minimum atomic E-state index is -0.0479. The van der Waals surface area contributed by atoms with E-state index in [1.807, 2.05) is 18.2 Å². The normalized spacial score (nSPS) is 21.7. The Morgan fingerprint density at radius 2 is 2.00 bits per heavy atom. The van der Waals surface area contributed by atoms with Gasteiger partial charge in [-0.3, -0.25) is 9.69 Å². The number of carbonyl (C=O) groups excluding carboxylic acids is 1. The fraction of sp³-hybridized carbons (Fsp3) is 0.588. The predicted molar refractivity (Wildman–Crippen MR) is 87.6 cm³/mol. The van der Waals surface area contributed by atoms with Gasteiger partial charge in [-0.05, 0) is 18.6 Å². The molecule has 0 saturated carbocycles. The smallest absolute Gasteiger partial charge is 0.217 e. The monoisotopic (exact) mass is 322 g/mol. The van der Waals surface area contributed by atoms with Gasteiger partial charge in [-0.2, -0.15) is 0 Å². The maximum atomic E-state index is 11.3. The summed E-state index contributed by atoms with van der Waals surface area (Å²) in [5, 5.41) is 12.6. The fourth-order valence-electron chi connectivity index (χ4n) is 3.19. The number of nitrogens with zero attached hydrogens (tertiary/aromatic N) is 1. The van der Waals surface area contributed by atoms with Crippen molar-refractivity contribution in [2.75, 3.05) is 33.9 Å². The number of aliphatic hydroxyl groups is 1. The highest BCUT2D eigenvalue weighted by Crippen LogP contribution is 2.31. The number of ether oxygens (including phenoxy) is 2. The molecule has 1 fully saturated rings. The molecule has 0 radical (unpaired) electrons. The Hall–Kier alpha value is -1.79. The van der Waals surface area contributed by atoms with Crippen LogP contribution in [0.15, 0.2) is 18.2 Å². The SMILES string of the molecule is COc1cccc(OC)c1CN1CCC(NC(C)=O)C(CO)C1. The molecular weight excluding hydrogens is 296 g/mol.